The van der Waals surface area contributed by atoms with Gasteiger partial charge < -0.3 is 15.1 Å². The number of thioether (sulfide) groups is 1. The fourth-order valence-electron chi connectivity index (χ4n) is 3.14. The van der Waals surface area contributed by atoms with Gasteiger partial charge in [-0.1, -0.05) is 32.5 Å². The van der Waals surface area contributed by atoms with Gasteiger partial charge in [0.15, 0.2) is 5.16 Å². The van der Waals surface area contributed by atoms with Crippen LogP contribution in [0.15, 0.2) is 28.0 Å². The van der Waals surface area contributed by atoms with Gasteiger partial charge in [0.05, 0.1) is 18.1 Å². The highest BCUT2D eigenvalue weighted by atomic mass is 32.2. The Labute approximate surface area is 158 Å². The summed E-state index contributed by atoms with van der Waals surface area (Å²) in [5, 5.41) is 9.18. The van der Waals surface area contributed by atoms with Crippen molar-refractivity contribution < 1.29 is 9.21 Å². The number of aromatic nitrogens is 3. The van der Waals surface area contributed by atoms with Crippen LogP contribution < -0.4 is 10.6 Å². The average Bonchev–Trinajstić information content (AvgIpc) is 3.23. The van der Waals surface area contributed by atoms with E-state index in [2.05, 4.69) is 22.0 Å². The van der Waals surface area contributed by atoms with Crippen LogP contribution in [-0.2, 0) is 11.3 Å². The molecule has 0 unspecified atom stereocenters. The molecule has 1 saturated heterocycles. The number of primary amides is 1. The Morgan fingerprint density at radius 2 is 2.12 bits per heavy atom. The predicted molar refractivity (Wildman–Crippen MR) is 102 cm³/mol. The van der Waals surface area contributed by atoms with E-state index < -0.39 is 0 Å². The molecule has 1 atom stereocenters. The van der Waals surface area contributed by atoms with Gasteiger partial charge in [0.2, 0.25) is 11.9 Å². The van der Waals surface area contributed by atoms with Gasteiger partial charge in [-0.25, -0.2) is 0 Å². The number of nitrogens with zero attached hydrogens (tertiary/aromatic N) is 4. The first-order valence-corrected chi connectivity index (χ1v) is 10.00. The monoisotopic (exact) mass is 377 g/mol. The molecule has 3 rings (SSSR count). The van der Waals surface area contributed by atoms with E-state index in [4.69, 9.17) is 10.2 Å². The third-order valence-corrected chi connectivity index (χ3v) is 6.32. The molecule has 2 aromatic heterocycles. The molecule has 26 heavy (non-hydrogen) atoms. The molecule has 0 saturated carbocycles. The highest BCUT2D eigenvalue weighted by molar-refractivity contribution is 8.00. The second-order valence-electron chi connectivity index (χ2n) is 7.30. The minimum atomic E-state index is -0.344. The van der Waals surface area contributed by atoms with E-state index in [-0.39, 0.29) is 17.1 Å². The van der Waals surface area contributed by atoms with Gasteiger partial charge in [0.1, 0.15) is 5.76 Å². The van der Waals surface area contributed by atoms with Crippen LogP contribution in [0.5, 0.6) is 0 Å². The number of hydrogen-bond donors (Lipinski definition) is 1. The molecule has 3 heterocycles. The van der Waals surface area contributed by atoms with E-state index in [9.17, 15) is 4.79 Å². The molecule has 1 fully saturated rings. The molecule has 142 valence electrons. The van der Waals surface area contributed by atoms with E-state index in [1.165, 1.54) is 11.8 Å². The number of piperidine rings is 1. The molecule has 7 nitrogen and oxygen atoms in total. The van der Waals surface area contributed by atoms with E-state index >= 15 is 0 Å². The van der Waals surface area contributed by atoms with E-state index in [0.29, 0.717) is 11.7 Å². The van der Waals surface area contributed by atoms with E-state index in [0.717, 1.165) is 43.6 Å². The van der Waals surface area contributed by atoms with Crippen molar-refractivity contribution in [1.82, 2.24) is 14.8 Å². The zero-order valence-electron chi connectivity index (χ0n) is 15.6. The van der Waals surface area contributed by atoms with Crippen LogP contribution in [-0.4, -0.2) is 39.0 Å². The van der Waals surface area contributed by atoms with Gasteiger partial charge in [0.25, 0.3) is 0 Å². The summed E-state index contributed by atoms with van der Waals surface area (Å²) in [5.74, 6) is 2.19. The Kier molecular flexibility index (Phi) is 5.90. The van der Waals surface area contributed by atoms with Crippen molar-refractivity contribution in [3.8, 4) is 0 Å². The number of furan rings is 1. The number of hydrogen-bond acceptors (Lipinski definition) is 6. The summed E-state index contributed by atoms with van der Waals surface area (Å²) >= 11 is 1.39. The maximum absolute atomic E-state index is 11.8. The van der Waals surface area contributed by atoms with Crippen molar-refractivity contribution in [1.29, 1.82) is 0 Å². The van der Waals surface area contributed by atoms with Crippen LogP contribution in [0.1, 0.15) is 39.4 Å². The number of nitrogens with two attached hydrogens (primary N) is 1. The molecule has 1 aliphatic heterocycles. The first kappa shape index (κ1) is 18.8. The lowest BCUT2D eigenvalue weighted by Gasteiger charge is -2.31. The minimum Gasteiger partial charge on any atom is -0.467 e. The number of amides is 1. The summed E-state index contributed by atoms with van der Waals surface area (Å²) in [6.07, 6.45) is 3.95. The van der Waals surface area contributed by atoms with Crippen LogP contribution in [0.4, 0.5) is 5.95 Å². The van der Waals surface area contributed by atoms with Crippen LogP contribution >= 0.6 is 11.8 Å². The molecule has 0 radical (unpaired) electrons. The van der Waals surface area contributed by atoms with Gasteiger partial charge in [-0.3, -0.25) is 9.36 Å². The zero-order valence-corrected chi connectivity index (χ0v) is 16.4. The molecule has 1 amide bonds. The maximum atomic E-state index is 11.8. The Balaban J connectivity index is 1.89. The number of carbonyl (C=O) groups excluding carboxylic acids is 1. The van der Waals surface area contributed by atoms with Crippen LogP contribution in [0.2, 0.25) is 0 Å². The highest BCUT2D eigenvalue weighted by Crippen LogP contribution is 2.31. The lowest BCUT2D eigenvalue weighted by Crippen LogP contribution is -2.35. The molecule has 0 spiro atoms. The standard InChI is InChI=1S/C18H27N5O2S/c1-12(2)15(16(19)24)26-18-21-20-17(22-8-6-13(3)7-9-22)23(18)11-14-5-4-10-25-14/h4-5,10,12-13,15H,6-9,11H2,1-3H3,(H2,19,24)/t15-/m0/s1. The van der Waals surface area contributed by atoms with Crippen molar-refractivity contribution in [2.24, 2.45) is 17.6 Å². The lowest BCUT2D eigenvalue weighted by atomic mass is 10.00. The second kappa shape index (κ2) is 8.16. The van der Waals surface area contributed by atoms with Crippen molar-refractivity contribution >= 4 is 23.6 Å². The molecule has 0 aliphatic carbocycles. The van der Waals surface area contributed by atoms with Gasteiger partial charge in [0, 0.05) is 13.1 Å². The van der Waals surface area contributed by atoms with E-state index in [1.807, 2.05) is 30.5 Å². The summed E-state index contributed by atoms with van der Waals surface area (Å²) in [7, 11) is 0. The smallest absolute Gasteiger partial charge is 0.231 e. The molecule has 1 aliphatic rings. The summed E-state index contributed by atoms with van der Waals surface area (Å²) in [6, 6.07) is 3.81. The quantitative estimate of drug-likeness (QED) is 0.746. The predicted octanol–water partition coefficient (Wildman–Crippen LogP) is 2.76. The summed E-state index contributed by atoms with van der Waals surface area (Å²) < 4.78 is 7.56. The van der Waals surface area contributed by atoms with Crippen molar-refractivity contribution in [3.05, 3.63) is 24.2 Å². The summed E-state index contributed by atoms with van der Waals surface area (Å²) in [5.41, 5.74) is 5.59. The SMILES string of the molecule is CC1CCN(c2nnc(S[C@H](C(N)=O)C(C)C)n2Cc2ccco2)CC1. The van der Waals surface area contributed by atoms with Crippen molar-refractivity contribution in [2.75, 3.05) is 18.0 Å². The van der Waals surface area contributed by atoms with E-state index in [1.54, 1.807) is 6.26 Å². The Morgan fingerprint density at radius 1 is 1.38 bits per heavy atom. The fraction of sp³-hybridized carbons (Fsp3) is 0.611. The molecule has 0 aromatic carbocycles. The highest BCUT2D eigenvalue weighted by Gasteiger charge is 2.27. The third kappa shape index (κ3) is 4.23. The maximum Gasteiger partial charge on any atom is 0.231 e. The lowest BCUT2D eigenvalue weighted by molar-refractivity contribution is -0.118. The molecule has 2 N–H and O–H groups in total. The van der Waals surface area contributed by atoms with Crippen LogP contribution in [0.25, 0.3) is 0 Å². The van der Waals surface area contributed by atoms with Gasteiger partial charge in [-0.2, -0.15) is 0 Å². The Morgan fingerprint density at radius 3 is 2.69 bits per heavy atom. The van der Waals surface area contributed by atoms with Crippen molar-refractivity contribution in [3.63, 3.8) is 0 Å². The van der Waals surface area contributed by atoms with Gasteiger partial charge >= 0.3 is 0 Å². The molecular weight excluding hydrogens is 350 g/mol. The summed E-state index contributed by atoms with van der Waals surface area (Å²) in [6.45, 7) is 8.72. The van der Waals surface area contributed by atoms with Crippen molar-refractivity contribution in [2.45, 2.75) is 50.6 Å². The number of carbonyl (C=O) groups is 1. The Hall–Kier alpha value is -1.96. The minimum absolute atomic E-state index is 0.116. The van der Waals surface area contributed by atoms with Crippen LogP contribution in [0, 0.1) is 11.8 Å². The van der Waals surface area contributed by atoms with Gasteiger partial charge in [-0.05, 0) is 36.8 Å². The molecule has 0 bridgehead atoms. The molecule has 8 heteroatoms. The summed E-state index contributed by atoms with van der Waals surface area (Å²) in [4.78, 5) is 14.1. The first-order chi connectivity index (χ1) is 12.5. The average molecular weight is 378 g/mol. The normalized spacial score (nSPS) is 17.0. The topological polar surface area (TPSA) is 90.2 Å². The molecule has 2 aromatic rings. The second-order valence-corrected chi connectivity index (χ2v) is 8.41. The largest absolute Gasteiger partial charge is 0.467 e. The first-order valence-electron chi connectivity index (χ1n) is 9.12. The van der Waals surface area contributed by atoms with Crippen LogP contribution in [0.3, 0.4) is 0 Å². The fourth-order valence-corrected chi connectivity index (χ4v) is 4.12. The number of anilines is 1. The third-order valence-electron chi connectivity index (χ3n) is 4.78. The zero-order chi connectivity index (χ0) is 18.7. The number of rotatable bonds is 7. The Bertz CT molecular complexity index is 720. The molecular formula is C18H27N5O2S. The van der Waals surface area contributed by atoms with Gasteiger partial charge in [-0.15, -0.1) is 10.2 Å².